The highest BCUT2D eigenvalue weighted by Crippen LogP contribution is 2.27. The van der Waals surface area contributed by atoms with Gasteiger partial charge in [-0.15, -0.1) is 0 Å². The summed E-state index contributed by atoms with van der Waals surface area (Å²) in [6.07, 6.45) is 0. The van der Waals surface area contributed by atoms with Crippen molar-refractivity contribution in [2.24, 2.45) is 9.98 Å². The van der Waals surface area contributed by atoms with Crippen LogP contribution in [0.25, 0.3) is 34.2 Å². The fourth-order valence-corrected chi connectivity index (χ4v) is 3.69. The number of aromatic nitrogens is 3. The van der Waals surface area contributed by atoms with Gasteiger partial charge in [0.1, 0.15) is 46.8 Å². The standard InChI is InChI=1S/C26H8F4N8/c27-15-3-12(4-16(28)7-15)23-36-24(13-5-17(29)8-18(30)6-13)38-26(37-23)19-1-2-21-22(20(19)11-33)35-25(34-21)14(9-31)10-32/h1-8H. The van der Waals surface area contributed by atoms with E-state index in [1.54, 1.807) is 12.1 Å². The summed E-state index contributed by atoms with van der Waals surface area (Å²) in [5.41, 5.74) is -0.559. The van der Waals surface area contributed by atoms with E-state index in [9.17, 15) is 22.8 Å². The van der Waals surface area contributed by atoms with Crippen molar-refractivity contribution in [3.8, 4) is 52.4 Å². The molecular weight excluding hydrogens is 500 g/mol. The SMILES string of the molecule is N#CC(C#N)=C1N=c2ccc(-c3nc(-c4cc(F)cc(F)c4)nc(-c4cc(F)cc(F)c4)n3)c(C#N)c2=N1. The van der Waals surface area contributed by atoms with Gasteiger partial charge in [0.25, 0.3) is 0 Å². The first-order valence-electron chi connectivity index (χ1n) is 10.5. The zero-order valence-corrected chi connectivity index (χ0v) is 18.7. The molecule has 0 unspecified atom stereocenters. The molecule has 2 heterocycles. The predicted octanol–water partition coefficient (Wildman–Crippen LogP) is 3.81. The first kappa shape index (κ1) is 23.9. The Morgan fingerprint density at radius 1 is 0.632 bits per heavy atom. The van der Waals surface area contributed by atoms with Gasteiger partial charge < -0.3 is 0 Å². The average molecular weight is 508 g/mol. The Morgan fingerprint density at radius 2 is 1.13 bits per heavy atom. The molecule has 0 aliphatic carbocycles. The van der Waals surface area contributed by atoms with Crippen LogP contribution in [-0.2, 0) is 0 Å². The van der Waals surface area contributed by atoms with Gasteiger partial charge in [-0.25, -0.2) is 42.5 Å². The minimum absolute atomic E-state index is 0.0418. The van der Waals surface area contributed by atoms with Crippen molar-refractivity contribution in [2.45, 2.75) is 0 Å². The van der Waals surface area contributed by atoms with Crippen molar-refractivity contribution >= 4 is 0 Å². The summed E-state index contributed by atoms with van der Waals surface area (Å²) in [4.78, 5) is 20.9. The lowest BCUT2D eigenvalue weighted by Gasteiger charge is -2.09. The molecule has 180 valence electrons. The summed E-state index contributed by atoms with van der Waals surface area (Å²) in [6, 6.07) is 13.3. The number of nitriles is 3. The zero-order valence-electron chi connectivity index (χ0n) is 18.7. The fourth-order valence-electron chi connectivity index (χ4n) is 3.69. The molecule has 0 bridgehead atoms. The fraction of sp³-hybridized carbons (Fsp3) is 0. The normalized spacial score (nSPS) is 11.4. The molecule has 0 saturated heterocycles. The second-order valence-electron chi connectivity index (χ2n) is 7.74. The van der Waals surface area contributed by atoms with E-state index in [2.05, 4.69) is 24.9 Å². The van der Waals surface area contributed by atoms with Crippen LogP contribution in [0.15, 0.2) is 69.9 Å². The molecule has 1 aliphatic heterocycles. The van der Waals surface area contributed by atoms with E-state index >= 15 is 0 Å². The van der Waals surface area contributed by atoms with Crippen molar-refractivity contribution < 1.29 is 17.6 Å². The maximum atomic E-state index is 14.0. The molecule has 0 saturated carbocycles. The van der Waals surface area contributed by atoms with Crippen molar-refractivity contribution in [1.82, 2.24) is 15.0 Å². The summed E-state index contributed by atoms with van der Waals surface area (Å²) in [5.74, 6) is -4.50. The van der Waals surface area contributed by atoms with E-state index in [1.165, 1.54) is 12.1 Å². The number of nitrogens with zero attached hydrogens (tertiary/aromatic N) is 8. The molecular formula is C26H8F4N8. The number of fused-ring (bicyclic) bond motifs is 1. The number of hydrogen-bond acceptors (Lipinski definition) is 8. The molecule has 0 N–H and O–H groups in total. The molecule has 4 aromatic rings. The maximum absolute atomic E-state index is 14.0. The number of halogens is 4. The topological polar surface area (TPSA) is 135 Å². The maximum Gasteiger partial charge on any atom is 0.182 e. The third-order valence-electron chi connectivity index (χ3n) is 5.28. The van der Waals surface area contributed by atoms with Gasteiger partial charge in [0.05, 0.1) is 10.9 Å². The van der Waals surface area contributed by atoms with E-state index < -0.39 is 23.3 Å². The molecule has 0 fully saturated rings. The Labute approximate surface area is 210 Å². The van der Waals surface area contributed by atoms with Crippen LogP contribution >= 0.6 is 0 Å². The summed E-state index contributed by atoms with van der Waals surface area (Å²) >= 11 is 0. The van der Waals surface area contributed by atoms with Gasteiger partial charge >= 0.3 is 0 Å². The van der Waals surface area contributed by atoms with Gasteiger partial charge in [0.2, 0.25) is 0 Å². The van der Waals surface area contributed by atoms with Crippen LogP contribution in [0.1, 0.15) is 5.56 Å². The Kier molecular flexibility index (Phi) is 5.88. The summed E-state index contributed by atoms with van der Waals surface area (Å²) < 4.78 is 55.9. The Morgan fingerprint density at radius 3 is 1.61 bits per heavy atom. The Balaban J connectivity index is 1.81. The highest BCUT2D eigenvalue weighted by Gasteiger charge is 2.20. The monoisotopic (exact) mass is 508 g/mol. The lowest BCUT2D eigenvalue weighted by atomic mass is 10.1. The van der Waals surface area contributed by atoms with Gasteiger partial charge in [0.15, 0.2) is 28.9 Å². The smallest absolute Gasteiger partial charge is 0.182 e. The van der Waals surface area contributed by atoms with Gasteiger partial charge in [-0.1, -0.05) is 0 Å². The van der Waals surface area contributed by atoms with Crippen LogP contribution in [-0.4, -0.2) is 15.0 Å². The zero-order chi connectivity index (χ0) is 27.0. The highest BCUT2D eigenvalue weighted by molar-refractivity contribution is 5.70. The van der Waals surface area contributed by atoms with E-state index in [1.807, 2.05) is 6.07 Å². The van der Waals surface area contributed by atoms with Gasteiger partial charge in [-0.2, -0.15) is 15.8 Å². The molecule has 5 rings (SSSR count). The minimum Gasteiger partial charge on any atom is -0.225 e. The summed E-state index contributed by atoms with van der Waals surface area (Å²) in [5, 5.41) is 28.4. The molecule has 0 spiro atoms. The molecule has 8 nitrogen and oxygen atoms in total. The molecule has 3 aromatic carbocycles. The van der Waals surface area contributed by atoms with Crippen LogP contribution in [0.2, 0.25) is 0 Å². The second kappa shape index (κ2) is 9.34. The second-order valence-corrected chi connectivity index (χ2v) is 7.74. The van der Waals surface area contributed by atoms with E-state index in [4.69, 9.17) is 10.5 Å². The van der Waals surface area contributed by atoms with E-state index in [-0.39, 0.29) is 61.8 Å². The summed E-state index contributed by atoms with van der Waals surface area (Å²) in [7, 11) is 0. The number of benzene rings is 3. The number of hydrogen-bond donors (Lipinski definition) is 0. The largest absolute Gasteiger partial charge is 0.225 e. The molecule has 38 heavy (non-hydrogen) atoms. The molecule has 1 aliphatic rings. The van der Waals surface area contributed by atoms with Gasteiger partial charge in [-0.05, 0) is 36.4 Å². The van der Waals surface area contributed by atoms with Crippen LogP contribution in [0, 0.1) is 57.3 Å². The lowest BCUT2D eigenvalue weighted by Crippen LogP contribution is -2.25. The van der Waals surface area contributed by atoms with Crippen molar-refractivity contribution in [3.63, 3.8) is 0 Å². The quantitative estimate of drug-likeness (QED) is 0.305. The molecule has 12 heteroatoms. The third kappa shape index (κ3) is 4.32. The van der Waals surface area contributed by atoms with Crippen molar-refractivity contribution in [3.05, 3.63) is 99.5 Å². The number of allylic oxidation sites excluding steroid dienone is 1. The van der Waals surface area contributed by atoms with Crippen molar-refractivity contribution in [2.75, 3.05) is 0 Å². The first-order chi connectivity index (χ1) is 18.3. The van der Waals surface area contributed by atoms with Crippen LogP contribution < -0.4 is 10.7 Å². The van der Waals surface area contributed by atoms with Crippen LogP contribution in [0.5, 0.6) is 0 Å². The van der Waals surface area contributed by atoms with Gasteiger partial charge in [-0.3, -0.25) is 0 Å². The lowest BCUT2D eigenvalue weighted by molar-refractivity contribution is 0.583. The van der Waals surface area contributed by atoms with Gasteiger partial charge in [0, 0.05) is 28.8 Å². The third-order valence-corrected chi connectivity index (χ3v) is 5.28. The average Bonchev–Trinajstić information content (AvgIpc) is 3.31. The molecule has 0 radical (unpaired) electrons. The van der Waals surface area contributed by atoms with Crippen LogP contribution in [0.4, 0.5) is 17.6 Å². The molecule has 0 amide bonds. The Bertz CT molecular complexity index is 1840. The predicted molar refractivity (Wildman–Crippen MR) is 121 cm³/mol. The minimum atomic E-state index is -0.916. The summed E-state index contributed by atoms with van der Waals surface area (Å²) in [6.45, 7) is 0. The highest BCUT2D eigenvalue weighted by atomic mass is 19.1. The van der Waals surface area contributed by atoms with E-state index in [0.717, 1.165) is 24.3 Å². The van der Waals surface area contributed by atoms with Crippen LogP contribution in [0.3, 0.4) is 0 Å². The van der Waals surface area contributed by atoms with Crippen molar-refractivity contribution in [1.29, 1.82) is 15.8 Å². The number of rotatable bonds is 3. The molecule has 0 atom stereocenters. The molecule has 1 aromatic heterocycles. The van der Waals surface area contributed by atoms with E-state index in [0.29, 0.717) is 12.1 Å². The Hall–Kier alpha value is -5.80. The first-order valence-corrected chi connectivity index (χ1v) is 10.5.